The molecule has 0 aliphatic heterocycles. The molecular weight excluding hydrogens is 198 g/mol. The van der Waals surface area contributed by atoms with Gasteiger partial charge in [0, 0.05) is 6.20 Å². The summed E-state index contributed by atoms with van der Waals surface area (Å²) in [6, 6.07) is 0.644. The highest BCUT2D eigenvalue weighted by atomic mass is 16.4. The Morgan fingerprint density at radius 1 is 1.67 bits per heavy atom. The van der Waals surface area contributed by atoms with Gasteiger partial charge >= 0.3 is 5.97 Å². The second kappa shape index (κ2) is 5.14. The van der Waals surface area contributed by atoms with Crippen molar-refractivity contribution in [2.45, 2.75) is 25.8 Å². The molecule has 0 saturated heterocycles. The van der Waals surface area contributed by atoms with Crippen LogP contribution in [0.25, 0.3) is 0 Å². The predicted molar refractivity (Wildman–Crippen MR) is 52.4 cm³/mol. The van der Waals surface area contributed by atoms with Crippen LogP contribution in [0.1, 0.15) is 30.3 Å². The number of carboxylic acids is 1. The third-order valence-electron chi connectivity index (χ3n) is 1.93. The highest BCUT2D eigenvalue weighted by Gasteiger charge is 2.19. The Balaban J connectivity index is 2.59. The summed E-state index contributed by atoms with van der Waals surface area (Å²) in [5, 5.41) is 17.3. The van der Waals surface area contributed by atoms with Gasteiger partial charge in [-0.25, -0.2) is 4.79 Å². The van der Waals surface area contributed by atoms with Crippen molar-refractivity contribution in [3.05, 3.63) is 18.0 Å². The Morgan fingerprint density at radius 2 is 2.40 bits per heavy atom. The Bertz CT molecular complexity index is 334. The van der Waals surface area contributed by atoms with Crippen LogP contribution in [-0.2, 0) is 4.79 Å². The minimum atomic E-state index is -1.02. The number of nitrogens with zero attached hydrogens (tertiary/aromatic N) is 1. The largest absolute Gasteiger partial charge is 0.480 e. The van der Waals surface area contributed by atoms with Crippen molar-refractivity contribution in [3.63, 3.8) is 0 Å². The van der Waals surface area contributed by atoms with Gasteiger partial charge in [-0.3, -0.25) is 9.89 Å². The molecule has 0 aromatic carbocycles. The van der Waals surface area contributed by atoms with Crippen molar-refractivity contribution < 1.29 is 14.7 Å². The molecule has 0 fully saturated rings. The Labute approximate surface area is 86.7 Å². The Morgan fingerprint density at radius 3 is 2.87 bits per heavy atom. The molecule has 1 aromatic rings. The number of hydrogen-bond acceptors (Lipinski definition) is 3. The predicted octanol–water partition coefficient (Wildman–Crippen LogP) is 0.393. The highest BCUT2D eigenvalue weighted by molar-refractivity contribution is 5.94. The third kappa shape index (κ3) is 3.08. The number of aliphatic carboxylic acids is 1. The molecule has 82 valence electrons. The van der Waals surface area contributed by atoms with Crippen LogP contribution in [-0.4, -0.2) is 33.2 Å². The van der Waals surface area contributed by atoms with E-state index >= 15 is 0 Å². The number of amides is 1. The molecule has 1 aromatic heterocycles. The molecule has 6 heteroatoms. The van der Waals surface area contributed by atoms with Gasteiger partial charge in [0.15, 0.2) is 0 Å². The maximum atomic E-state index is 11.4. The van der Waals surface area contributed by atoms with E-state index in [9.17, 15) is 9.59 Å². The van der Waals surface area contributed by atoms with Crippen LogP contribution in [0.5, 0.6) is 0 Å². The monoisotopic (exact) mass is 211 g/mol. The SMILES string of the molecule is CCC[C@H](NC(=O)c1ccn[nH]1)C(=O)O. The van der Waals surface area contributed by atoms with Gasteiger partial charge in [0.2, 0.25) is 0 Å². The molecule has 1 atom stereocenters. The summed E-state index contributed by atoms with van der Waals surface area (Å²) in [5.74, 6) is -1.47. The second-order valence-corrected chi connectivity index (χ2v) is 3.12. The molecule has 1 rings (SSSR count). The molecule has 0 radical (unpaired) electrons. The van der Waals surface area contributed by atoms with E-state index in [2.05, 4.69) is 15.5 Å². The topological polar surface area (TPSA) is 95.1 Å². The van der Waals surface area contributed by atoms with E-state index < -0.39 is 17.9 Å². The number of carbonyl (C=O) groups excluding carboxylic acids is 1. The van der Waals surface area contributed by atoms with Gasteiger partial charge in [0.1, 0.15) is 11.7 Å². The summed E-state index contributed by atoms with van der Waals surface area (Å²) < 4.78 is 0. The molecular formula is C9H13N3O3. The summed E-state index contributed by atoms with van der Waals surface area (Å²) in [6.07, 6.45) is 2.54. The first kappa shape index (κ1) is 11.2. The summed E-state index contributed by atoms with van der Waals surface area (Å²) >= 11 is 0. The van der Waals surface area contributed by atoms with Crippen molar-refractivity contribution in [1.82, 2.24) is 15.5 Å². The van der Waals surface area contributed by atoms with Crippen molar-refractivity contribution in [2.75, 3.05) is 0 Å². The first-order valence-corrected chi connectivity index (χ1v) is 4.68. The van der Waals surface area contributed by atoms with Crippen molar-refractivity contribution >= 4 is 11.9 Å². The van der Waals surface area contributed by atoms with E-state index in [4.69, 9.17) is 5.11 Å². The summed E-state index contributed by atoms with van der Waals surface area (Å²) in [7, 11) is 0. The fourth-order valence-electron chi connectivity index (χ4n) is 1.16. The number of nitrogens with one attached hydrogen (secondary N) is 2. The molecule has 3 N–H and O–H groups in total. The van der Waals surface area contributed by atoms with E-state index in [1.165, 1.54) is 12.3 Å². The number of hydrogen-bond donors (Lipinski definition) is 3. The summed E-state index contributed by atoms with van der Waals surface area (Å²) in [5.41, 5.74) is 0.261. The van der Waals surface area contributed by atoms with E-state index in [1.54, 1.807) is 0 Å². The van der Waals surface area contributed by atoms with Gasteiger partial charge in [-0.1, -0.05) is 13.3 Å². The van der Waals surface area contributed by atoms with Gasteiger partial charge in [0.05, 0.1) is 0 Å². The van der Waals surface area contributed by atoms with Crippen LogP contribution in [0.2, 0.25) is 0 Å². The average Bonchev–Trinajstić information content (AvgIpc) is 2.69. The number of carboxylic acid groups (broad SMARTS) is 1. The van der Waals surface area contributed by atoms with Gasteiger partial charge in [-0.05, 0) is 12.5 Å². The van der Waals surface area contributed by atoms with E-state index in [0.29, 0.717) is 12.8 Å². The van der Waals surface area contributed by atoms with Gasteiger partial charge in [0.25, 0.3) is 5.91 Å². The molecule has 0 bridgehead atoms. The number of rotatable bonds is 5. The minimum Gasteiger partial charge on any atom is -0.480 e. The first-order valence-electron chi connectivity index (χ1n) is 4.68. The van der Waals surface area contributed by atoms with Crippen LogP contribution >= 0.6 is 0 Å². The summed E-state index contributed by atoms with van der Waals surface area (Å²) in [6.45, 7) is 1.86. The lowest BCUT2D eigenvalue weighted by atomic mass is 10.1. The van der Waals surface area contributed by atoms with Crippen LogP contribution in [0.4, 0.5) is 0 Å². The normalized spacial score (nSPS) is 12.1. The zero-order chi connectivity index (χ0) is 11.3. The highest BCUT2D eigenvalue weighted by Crippen LogP contribution is 1.99. The molecule has 6 nitrogen and oxygen atoms in total. The second-order valence-electron chi connectivity index (χ2n) is 3.12. The first-order chi connectivity index (χ1) is 7.15. The third-order valence-corrected chi connectivity index (χ3v) is 1.93. The van der Waals surface area contributed by atoms with Crippen molar-refractivity contribution in [1.29, 1.82) is 0 Å². The molecule has 0 spiro atoms. The molecule has 0 aliphatic carbocycles. The lowest BCUT2D eigenvalue weighted by Gasteiger charge is -2.12. The zero-order valence-electron chi connectivity index (χ0n) is 8.36. The molecule has 1 heterocycles. The maximum absolute atomic E-state index is 11.4. The van der Waals surface area contributed by atoms with Crippen LogP contribution < -0.4 is 5.32 Å². The van der Waals surface area contributed by atoms with Crippen molar-refractivity contribution in [2.24, 2.45) is 0 Å². The van der Waals surface area contributed by atoms with Gasteiger partial charge < -0.3 is 10.4 Å². The Kier molecular flexibility index (Phi) is 3.84. The van der Waals surface area contributed by atoms with Crippen LogP contribution in [0, 0.1) is 0 Å². The van der Waals surface area contributed by atoms with E-state index in [-0.39, 0.29) is 5.69 Å². The van der Waals surface area contributed by atoms with Crippen LogP contribution in [0.15, 0.2) is 12.3 Å². The van der Waals surface area contributed by atoms with E-state index in [1.807, 2.05) is 6.92 Å². The van der Waals surface area contributed by atoms with Crippen LogP contribution in [0.3, 0.4) is 0 Å². The quantitative estimate of drug-likeness (QED) is 0.656. The number of carbonyl (C=O) groups is 2. The fraction of sp³-hybridized carbons (Fsp3) is 0.444. The number of aromatic nitrogens is 2. The standard InChI is InChI=1S/C9H13N3O3/c1-2-3-7(9(14)15)11-8(13)6-4-5-10-12-6/h4-5,7H,2-3H2,1H3,(H,10,12)(H,11,13)(H,14,15)/t7-/m0/s1. The number of aromatic amines is 1. The van der Waals surface area contributed by atoms with Gasteiger partial charge in [-0.15, -0.1) is 0 Å². The van der Waals surface area contributed by atoms with Gasteiger partial charge in [-0.2, -0.15) is 5.10 Å². The molecule has 0 saturated carbocycles. The molecule has 1 amide bonds. The van der Waals surface area contributed by atoms with E-state index in [0.717, 1.165) is 0 Å². The molecule has 15 heavy (non-hydrogen) atoms. The Hall–Kier alpha value is -1.85. The summed E-state index contributed by atoms with van der Waals surface area (Å²) in [4.78, 5) is 22.2. The smallest absolute Gasteiger partial charge is 0.326 e. The zero-order valence-corrected chi connectivity index (χ0v) is 8.36. The number of H-pyrrole nitrogens is 1. The van der Waals surface area contributed by atoms with Crippen molar-refractivity contribution in [3.8, 4) is 0 Å². The maximum Gasteiger partial charge on any atom is 0.326 e. The molecule has 0 aliphatic rings. The fourth-order valence-corrected chi connectivity index (χ4v) is 1.16. The lowest BCUT2D eigenvalue weighted by Crippen LogP contribution is -2.40. The molecule has 0 unspecified atom stereocenters. The minimum absolute atomic E-state index is 0.261. The average molecular weight is 211 g/mol. The lowest BCUT2D eigenvalue weighted by molar-refractivity contribution is -0.139.